The van der Waals surface area contributed by atoms with Gasteiger partial charge in [-0.25, -0.2) is 4.39 Å². The average Bonchev–Trinajstić information content (AvgIpc) is 3.17. The molecule has 0 radical (unpaired) electrons. The number of carbonyl (C=O) groups excluding carboxylic acids is 2. The van der Waals surface area contributed by atoms with E-state index in [0.717, 1.165) is 5.56 Å². The number of rotatable bonds is 6. The number of benzene rings is 2. The summed E-state index contributed by atoms with van der Waals surface area (Å²) in [6, 6.07) is 11.6. The minimum absolute atomic E-state index is 0.261. The molecule has 0 saturated heterocycles. The highest BCUT2D eigenvalue weighted by atomic mass is 32.1. The summed E-state index contributed by atoms with van der Waals surface area (Å²) in [6.07, 6.45) is 0. The smallest absolute Gasteiger partial charge is 0.251 e. The lowest BCUT2D eigenvalue weighted by molar-refractivity contribution is -0.117. The molecule has 2 amide bonds. The number of hydrogen-bond acceptors (Lipinski definition) is 6. The van der Waals surface area contributed by atoms with E-state index in [1.165, 1.54) is 35.6 Å². The van der Waals surface area contributed by atoms with Gasteiger partial charge in [-0.2, -0.15) is 0 Å². The van der Waals surface area contributed by atoms with Crippen LogP contribution in [0.15, 0.2) is 48.5 Å². The normalized spacial score (nSPS) is 11.5. The minimum Gasteiger partial charge on any atom is -0.497 e. The third kappa shape index (κ3) is 4.68. The van der Waals surface area contributed by atoms with Crippen molar-refractivity contribution in [3.8, 4) is 16.3 Å². The van der Waals surface area contributed by atoms with Crippen LogP contribution in [0.25, 0.3) is 10.6 Å². The van der Waals surface area contributed by atoms with E-state index >= 15 is 0 Å². The maximum atomic E-state index is 12.9. The van der Waals surface area contributed by atoms with Crippen LogP contribution in [0.4, 0.5) is 9.52 Å². The third-order valence-electron chi connectivity index (χ3n) is 3.82. The first-order valence-corrected chi connectivity index (χ1v) is 9.13. The van der Waals surface area contributed by atoms with Gasteiger partial charge in [0.15, 0.2) is 0 Å². The molecule has 2 aromatic carbocycles. The number of hydrogen-bond donors (Lipinski definition) is 2. The van der Waals surface area contributed by atoms with Gasteiger partial charge < -0.3 is 10.1 Å². The molecule has 1 atom stereocenters. The Morgan fingerprint density at radius 1 is 1.14 bits per heavy atom. The summed E-state index contributed by atoms with van der Waals surface area (Å²) in [5.74, 6) is -0.665. The van der Waals surface area contributed by atoms with Crippen LogP contribution in [-0.2, 0) is 4.79 Å². The van der Waals surface area contributed by atoms with E-state index in [-0.39, 0.29) is 5.56 Å². The van der Waals surface area contributed by atoms with Gasteiger partial charge in [0.25, 0.3) is 5.91 Å². The lowest BCUT2D eigenvalue weighted by Gasteiger charge is -2.12. The Morgan fingerprint density at radius 2 is 1.89 bits per heavy atom. The quantitative estimate of drug-likeness (QED) is 0.663. The molecule has 0 bridgehead atoms. The number of aromatic nitrogens is 2. The number of nitrogens with zero attached hydrogens (tertiary/aromatic N) is 2. The zero-order valence-electron chi connectivity index (χ0n) is 15.1. The largest absolute Gasteiger partial charge is 0.497 e. The maximum absolute atomic E-state index is 12.9. The molecule has 2 N–H and O–H groups in total. The van der Waals surface area contributed by atoms with E-state index in [0.29, 0.717) is 15.9 Å². The Labute approximate surface area is 164 Å². The molecular weight excluding hydrogens is 383 g/mol. The molecule has 0 saturated carbocycles. The van der Waals surface area contributed by atoms with E-state index < -0.39 is 23.7 Å². The van der Waals surface area contributed by atoms with Gasteiger partial charge in [-0.05, 0) is 43.3 Å². The first kappa shape index (κ1) is 19.4. The molecule has 1 aromatic heterocycles. The van der Waals surface area contributed by atoms with E-state index in [1.54, 1.807) is 14.0 Å². The van der Waals surface area contributed by atoms with Crippen LogP contribution in [0.2, 0.25) is 0 Å². The summed E-state index contributed by atoms with van der Waals surface area (Å²) in [5.41, 5.74) is 1.08. The molecule has 28 heavy (non-hydrogen) atoms. The third-order valence-corrected chi connectivity index (χ3v) is 4.71. The van der Waals surface area contributed by atoms with Crippen molar-refractivity contribution >= 4 is 28.3 Å². The summed E-state index contributed by atoms with van der Waals surface area (Å²) < 4.78 is 18.1. The monoisotopic (exact) mass is 400 g/mol. The Kier molecular flexibility index (Phi) is 5.95. The molecule has 0 aliphatic carbocycles. The van der Waals surface area contributed by atoms with Gasteiger partial charge in [0, 0.05) is 11.1 Å². The molecule has 7 nitrogen and oxygen atoms in total. The number of halogens is 1. The number of nitrogens with one attached hydrogen (secondary N) is 2. The predicted octanol–water partition coefficient (Wildman–Crippen LogP) is 3.11. The van der Waals surface area contributed by atoms with Crippen LogP contribution in [0, 0.1) is 5.82 Å². The number of ether oxygens (including phenoxy) is 1. The van der Waals surface area contributed by atoms with Crippen molar-refractivity contribution in [2.45, 2.75) is 13.0 Å². The second-order valence-electron chi connectivity index (χ2n) is 5.84. The first-order chi connectivity index (χ1) is 13.5. The number of methoxy groups -OCH3 is 1. The Morgan fingerprint density at radius 3 is 2.61 bits per heavy atom. The standard InChI is InChI=1S/C19H17FN4O3S/c1-11(21-17(26)12-6-8-14(20)9-7-12)16(25)22-19-24-23-18(28-19)13-4-3-5-15(10-13)27-2/h3-11H,1-2H3,(H,21,26)(H,22,24,25)/t11-/m1/s1. The van der Waals surface area contributed by atoms with Crippen molar-refractivity contribution in [1.29, 1.82) is 0 Å². The molecule has 0 spiro atoms. The van der Waals surface area contributed by atoms with Crippen LogP contribution in [0.5, 0.6) is 5.75 Å². The number of amides is 2. The van der Waals surface area contributed by atoms with Gasteiger partial charge in [-0.3, -0.25) is 14.9 Å². The molecule has 3 rings (SSSR count). The molecule has 0 unspecified atom stereocenters. The predicted molar refractivity (Wildman–Crippen MR) is 104 cm³/mol. The molecular formula is C19H17FN4O3S. The summed E-state index contributed by atoms with van der Waals surface area (Å²) in [6.45, 7) is 1.54. The molecule has 144 valence electrons. The summed E-state index contributed by atoms with van der Waals surface area (Å²) in [7, 11) is 1.58. The van der Waals surface area contributed by atoms with Crippen molar-refractivity contribution in [2.24, 2.45) is 0 Å². The van der Waals surface area contributed by atoms with Gasteiger partial charge in [-0.15, -0.1) is 10.2 Å². The zero-order chi connectivity index (χ0) is 20.1. The van der Waals surface area contributed by atoms with Crippen molar-refractivity contribution in [3.05, 3.63) is 59.9 Å². The van der Waals surface area contributed by atoms with Gasteiger partial charge in [0.2, 0.25) is 11.0 Å². The van der Waals surface area contributed by atoms with Crippen molar-refractivity contribution < 1.29 is 18.7 Å². The van der Waals surface area contributed by atoms with Crippen LogP contribution in [-0.4, -0.2) is 35.2 Å². The zero-order valence-corrected chi connectivity index (χ0v) is 15.9. The van der Waals surface area contributed by atoms with Gasteiger partial charge in [0.1, 0.15) is 22.6 Å². The molecule has 0 aliphatic heterocycles. The molecule has 0 aliphatic rings. The lowest BCUT2D eigenvalue weighted by atomic mass is 10.2. The Balaban J connectivity index is 1.62. The average molecular weight is 400 g/mol. The fourth-order valence-electron chi connectivity index (χ4n) is 2.31. The SMILES string of the molecule is COc1cccc(-c2nnc(NC(=O)[C@@H](C)NC(=O)c3ccc(F)cc3)s2)c1. The van der Waals surface area contributed by atoms with Gasteiger partial charge >= 0.3 is 0 Å². The Hall–Kier alpha value is -3.33. The van der Waals surface area contributed by atoms with Crippen molar-refractivity contribution in [1.82, 2.24) is 15.5 Å². The fourth-order valence-corrected chi connectivity index (χ4v) is 3.05. The van der Waals surface area contributed by atoms with Crippen molar-refractivity contribution in [2.75, 3.05) is 12.4 Å². The first-order valence-electron chi connectivity index (χ1n) is 8.31. The molecule has 1 heterocycles. The summed E-state index contributed by atoms with van der Waals surface area (Å²) >= 11 is 1.20. The summed E-state index contributed by atoms with van der Waals surface area (Å²) in [5, 5.41) is 14.1. The molecule has 0 fully saturated rings. The van der Waals surface area contributed by atoms with E-state index in [2.05, 4.69) is 20.8 Å². The van der Waals surface area contributed by atoms with E-state index in [4.69, 9.17) is 4.74 Å². The lowest BCUT2D eigenvalue weighted by Crippen LogP contribution is -2.41. The second kappa shape index (κ2) is 8.57. The second-order valence-corrected chi connectivity index (χ2v) is 6.81. The number of carbonyl (C=O) groups is 2. The van der Waals surface area contributed by atoms with E-state index in [1.807, 2.05) is 24.3 Å². The maximum Gasteiger partial charge on any atom is 0.251 e. The van der Waals surface area contributed by atoms with Gasteiger partial charge in [0.05, 0.1) is 7.11 Å². The van der Waals surface area contributed by atoms with Crippen LogP contribution in [0.1, 0.15) is 17.3 Å². The van der Waals surface area contributed by atoms with Crippen LogP contribution in [0.3, 0.4) is 0 Å². The summed E-state index contributed by atoms with van der Waals surface area (Å²) in [4.78, 5) is 24.4. The molecule has 9 heteroatoms. The highest BCUT2D eigenvalue weighted by Crippen LogP contribution is 2.28. The fraction of sp³-hybridized carbons (Fsp3) is 0.158. The topological polar surface area (TPSA) is 93.2 Å². The molecule has 3 aromatic rings. The van der Waals surface area contributed by atoms with Gasteiger partial charge in [-0.1, -0.05) is 23.5 Å². The van der Waals surface area contributed by atoms with Crippen LogP contribution >= 0.6 is 11.3 Å². The highest BCUT2D eigenvalue weighted by Gasteiger charge is 2.18. The number of anilines is 1. The highest BCUT2D eigenvalue weighted by molar-refractivity contribution is 7.18. The van der Waals surface area contributed by atoms with E-state index in [9.17, 15) is 14.0 Å². The Bertz CT molecular complexity index is 991. The van der Waals surface area contributed by atoms with Crippen LogP contribution < -0.4 is 15.4 Å². The van der Waals surface area contributed by atoms with Crippen molar-refractivity contribution in [3.63, 3.8) is 0 Å². The minimum atomic E-state index is -0.818.